The topological polar surface area (TPSA) is 62.3 Å². The fraction of sp³-hybridized carbons (Fsp3) is 0.400. The number of fused-ring (bicyclic) bond motifs is 1. The van der Waals surface area contributed by atoms with Crippen molar-refractivity contribution in [1.29, 1.82) is 0 Å². The number of anilines is 1. The summed E-state index contributed by atoms with van der Waals surface area (Å²) < 4.78 is 28.6. The lowest BCUT2D eigenvalue weighted by Crippen LogP contribution is -2.45. The van der Waals surface area contributed by atoms with Crippen molar-refractivity contribution in [2.45, 2.75) is 25.2 Å². The molecule has 0 aliphatic carbocycles. The molecule has 7 nitrogen and oxygen atoms in total. The number of rotatable bonds is 6. The molecule has 2 aromatic carbocycles. The zero-order valence-corrected chi connectivity index (χ0v) is 18.5. The first kappa shape index (κ1) is 20.8. The molecule has 1 spiro atoms. The molecule has 0 N–H and O–H groups in total. The number of pyridine rings is 1. The first-order valence-corrected chi connectivity index (χ1v) is 11.0. The van der Waals surface area contributed by atoms with Crippen LogP contribution in [0.5, 0.6) is 17.2 Å². The Morgan fingerprint density at radius 3 is 2.34 bits per heavy atom. The molecule has 168 valence electrons. The number of nitrogens with zero attached hydrogens (tertiary/aromatic N) is 2. The lowest BCUT2D eigenvalue weighted by molar-refractivity contribution is -0.169. The molecule has 3 aromatic rings. The molecule has 5 rings (SSSR count). The summed E-state index contributed by atoms with van der Waals surface area (Å²) in [6.45, 7) is 3.47. The van der Waals surface area contributed by atoms with E-state index in [1.165, 1.54) is 0 Å². The minimum atomic E-state index is -0.389. The minimum Gasteiger partial charge on any atom is -0.497 e. The fourth-order valence-electron chi connectivity index (χ4n) is 4.38. The van der Waals surface area contributed by atoms with Crippen molar-refractivity contribution in [3.63, 3.8) is 0 Å². The van der Waals surface area contributed by atoms with Crippen molar-refractivity contribution in [2.24, 2.45) is 0 Å². The summed E-state index contributed by atoms with van der Waals surface area (Å²) in [6, 6.07) is 15.9. The number of para-hydroxylation sites is 1. The van der Waals surface area contributed by atoms with Crippen molar-refractivity contribution in [2.75, 3.05) is 45.4 Å². The quantitative estimate of drug-likeness (QED) is 0.575. The summed E-state index contributed by atoms with van der Waals surface area (Å²) in [4.78, 5) is 7.25. The van der Waals surface area contributed by atoms with E-state index >= 15 is 0 Å². The van der Waals surface area contributed by atoms with E-state index in [1.54, 1.807) is 14.2 Å². The lowest BCUT2D eigenvalue weighted by Gasteiger charge is -2.38. The Morgan fingerprint density at radius 2 is 1.66 bits per heavy atom. The highest BCUT2D eigenvalue weighted by molar-refractivity contribution is 5.86. The van der Waals surface area contributed by atoms with Crippen LogP contribution in [0.1, 0.15) is 18.4 Å². The second-order valence-electron chi connectivity index (χ2n) is 8.10. The standard InChI is InChI=1S/C25H28N2O5/c1-28-20-14-18(15-21(16-20)29-2)17-30-22-5-3-4-19-6-7-23(26-24(19)22)27-10-8-25(9-11-27)31-12-13-32-25/h3-7,14-16H,8-13,17H2,1-2H3. The third kappa shape index (κ3) is 4.18. The molecule has 0 unspecified atom stereocenters. The molecule has 2 aliphatic rings. The van der Waals surface area contributed by atoms with Gasteiger partial charge in [0.25, 0.3) is 0 Å². The Labute approximate surface area is 187 Å². The monoisotopic (exact) mass is 436 g/mol. The second kappa shape index (κ2) is 8.84. The van der Waals surface area contributed by atoms with E-state index in [1.807, 2.05) is 30.3 Å². The molecule has 0 bridgehead atoms. The number of hydrogen-bond acceptors (Lipinski definition) is 7. The Hall–Kier alpha value is -3.03. The molecule has 2 saturated heterocycles. The van der Waals surface area contributed by atoms with Crippen LogP contribution < -0.4 is 19.1 Å². The van der Waals surface area contributed by atoms with E-state index in [2.05, 4.69) is 23.1 Å². The molecular formula is C25H28N2O5. The van der Waals surface area contributed by atoms with Crippen molar-refractivity contribution in [3.8, 4) is 17.2 Å². The maximum Gasteiger partial charge on any atom is 0.171 e. The van der Waals surface area contributed by atoms with Gasteiger partial charge >= 0.3 is 0 Å². The van der Waals surface area contributed by atoms with Crippen LogP contribution in [0, 0.1) is 0 Å². The van der Waals surface area contributed by atoms with Crippen molar-refractivity contribution in [3.05, 3.63) is 54.1 Å². The van der Waals surface area contributed by atoms with E-state index in [0.29, 0.717) is 19.8 Å². The number of ether oxygens (including phenoxy) is 5. The summed E-state index contributed by atoms with van der Waals surface area (Å²) in [5.74, 6) is 2.78. The molecule has 3 heterocycles. The molecule has 2 fully saturated rings. The highest BCUT2D eigenvalue weighted by Gasteiger charge is 2.40. The predicted octanol–water partition coefficient (Wildman–Crippen LogP) is 4.17. The average molecular weight is 437 g/mol. The van der Waals surface area contributed by atoms with Gasteiger partial charge in [-0.1, -0.05) is 12.1 Å². The zero-order valence-electron chi connectivity index (χ0n) is 18.5. The van der Waals surface area contributed by atoms with Crippen LogP contribution >= 0.6 is 0 Å². The minimum absolute atomic E-state index is 0.388. The Morgan fingerprint density at radius 1 is 0.938 bits per heavy atom. The summed E-state index contributed by atoms with van der Waals surface area (Å²) in [5.41, 5.74) is 1.82. The van der Waals surface area contributed by atoms with Crippen LogP contribution in [-0.2, 0) is 16.1 Å². The summed E-state index contributed by atoms with van der Waals surface area (Å²) >= 11 is 0. The van der Waals surface area contributed by atoms with Gasteiger partial charge in [0.05, 0.1) is 27.4 Å². The average Bonchev–Trinajstić information content (AvgIpc) is 3.30. The van der Waals surface area contributed by atoms with Gasteiger partial charge in [0.2, 0.25) is 0 Å². The largest absolute Gasteiger partial charge is 0.497 e. The Bertz CT molecular complexity index is 1060. The maximum absolute atomic E-state index is 6.19. The SMILES string of the molecule is COc1cc(COc2cccc3ccc(N4CCC5(CC4)OCCO5)nc23)cc(OC)c1. The maximum atomic E-state index is 6.19. The van der Waals surface area contributed by atoms with Crippen LogP contribution in [0.4, 0.5) is 5.82 Å². The van der Waals surface area contributed by atoms with Gasteiger partial charge in [-0.2, -0.15) is 0 Å². The molecule has 1 aromatic heterocycles. The van der Waals surface area contributed by atoms with Crippen molar-refractivity contribution < 1.29 is 23.7 Å². The molecule has 7 heteroatoms. The van der Waals surface area contributed by atoms with E-state index in [9.17, 15) is 0 Å². The van der Waals surface area contributed by atoms with E-state index in [0.717, 1.165) is 65.5 Å². The molecular weight excluding hydrogens is 408 g/mol. The van der Waals surface area contributed by atoms with Gasteiger partial charge in [-0.3, -0.25) is 0 Å². The molecule has 0 saturated carbocycles. The number of methoxy groups -OCH3 is 2. The third-order valence-corrected chi connectivity index (χ3v) is 6.14. The second-order valence-corrected chi connectivity index (χ2v) is 8.10. The van der Waals surface area contributed by atoms with Crippen LogP contribution in [0.2, 0.25) is 0 Å². The Kier molecular flexibility index (Phi) is 5.76. The van der Waals surface area contributed by atoms with Gasteiger partial charge in [0.1, 0.15) is 35.2 Å². The van der Waals surface area contributed by atoms with Crippen LogP contribution in [0.15, 0.2) is 48.5 Å². The number of benzene rings is 2. The lowest BCUT2D eigenvalue weighted by atomic mass is 10.0. The third-order valence-electron chi connectivity index (χ3n) is 6.14. The summed E-state index contributed by atoms with van der Waals surface area (Å²) in [7, 11) is 3.28. The van der Waals surface area contributed by atoms with Gasteiger partial charge in [-0.25, -0.2) is 4.98 Å². The van der Waals surface area contributed by atoms with Gasteiger partial charge in [-0.15, -0.1) is 0 Å². The predicted molar refractivity (Wildman–Crippen MR) is 122 cm³/mol. The molecule has 2 aliphatic heterocycles. The van der Waals surface area contributed by atoms with E-state index in [4.69, 9.17) is 28.7 Å². The van der Waals surface area contributed by atoms with Crippen LogP contribution in [-0.4, -0.2) is 51.3 Å². The zero-order chi connectivity index (χ0) is 22.0. The fourth-order valence-corrected chi connectivity index (χ4v) is 4.38. The van der Waals surface area contributed by atoms with Gasteiger partial charge in [0.15, 0.2) is 5.79 Å². The molecule has 0 atom stereocenters. The summed E-state index contributed by atoms with van der Waals surface area (Å²) in [5, 5.41) is 1.05. The normalized spacial score (nSPS) is 17.6. The molecule has 0 amide bonds. The molecule has 0 radical (unpaired) electrons. The first-order valence-electron chi connectivity index (χ1n) is 11.0. The van der Waals surface area contributed by atoms with Crippen molar-refractivity contribution in [1.82, 2.24) is 4.98 Å². The Balaban J connectivity index is 1.35. The smallest absolute Gasteiger partial charge is 0.171 e. The first-order chi connectivity index (χ1) is 15.7. The van der Waals surface area contributed by atoms with Gasteiger partial charge < -0.3 is 28.6 Å². The van der Waals surface area contributed by atoms with Crippen LogP contribution in [0.25, 0.3) is 10.9 Å². The highest BCUT2D eigenvalue weighted by Crippen LogP contribution is 2.34. The van der Waals surface area contributed by atoms with E-state index < -0.39 is 0 Å². The number of aromatic nitrogens is 1. The highest BCUT2D eigenvalue weighted by atomic mass is 16.7. The van der Waals surface area contributed by atoms with Gasteiger partial charge in [-0.05, 0) is 35.9 Å². The van der Waals surface area contributed by atoms with Gasteiger partial charge in [0, 0.05) is 37.4 Å². The molecule has 32 heavy (non-hydrogen) atoms. The van der Waals surface area contributed by atoms with Crippen molar-refractivity contribution >= 4 is 16.7 Å². The van der Waals surface area contributed by atoms with Crippen LogP contribution in [0.3, 0.4) is 0 Å². The number of piperidine rings is 1. The van der Waals surface area contributed by atoms with E-state index in [-0.39, 0.29) is 5.79 Å². The summed E-state index contributed by atoms with van der Waals surface area (Å²) in [6.07, 6.45) is 1.70. The number of hydrogen-bond donors (Lipinski definition) is 0.